The molecular weight excluding hydrogens is 363 g/mol. The van der Waals surface area contributed by atoms with Gasteiger partial charge in [-0.15, -0.1) is 0 Å². The molecule has 10 heteroatoms. The van der Waals surface area contributed by atoms with Gasteiger partial charge >= 0.3 is 6.18 Å². The molecule has 2 heterocycles. The molecule has 3 aromatic rings. The molecule has 0 atom stereocenters. The third kappa shape index (κ3) is 3.94. The molecule has 0 radical (unpaired) electrons. The highest BCUT2D eigenvalue weighted by molar-refractivity contribution is 5.92. The van der Waals surface area contributed by atoms with Crippen molar-refractivity contribution in [3.63, 3.8) is 0 Å². The predicted molar refractivity (Wildman–Crippen MR) is 90.5 cm³/mol. The van der Waals surface area contributed by atoms with E-state index >= 15 is 0 Å². The van der Waals surface area contributed by atoms with Crippen LogP contribution in [0.2, 0.25) is 0 Å². The van der Waals surface area contributed by atoms with Crippen LogP contribution in [0, 0.1) is 6.92 Å². The lowest BCUT2D eigenvalue weighted by atomic mass is 10.2. The topological polar surface area (TPSA) is 84.7 Å². The molecule has 1 aromatic carbocycles. The smallest absolute Gasteiger partial charge is 0.347 e. The van der Waals surface area contributed by atoms with Gasteiger partial charge in [-0.25, -0.2) is 4.68 Å². The molecule has 0 fully saturated rings. The lowest BCUT2D eigenvalue weighted by Gasteiger charge is -2.07. The fraction of sp³-hybridized carbons (Fsp3) is 0.235. The molecule has 142 valence electrons. The van der Waals surface area contributed by atoms with Crippen LogP contribution in [0.4, 0.5) is 13.2 Å². The Kier molecular flexibility index (Phi) is 4.64. The van der Waals surface area contributed by atoms with E-state index in [0.717, 1.165) is 16.3 Å². The van der Waals surface area contributed by atoms with Gasteiger partial charge in [0.15, 0.2) is 5.69 Å². The van der Waals surface area contributed by atoms with Gasteiger partial charge in [0.1, 0.15) is 5.69 Å². The van der Waals surface area contributed by atoms with Gasteiger partial charge in [-0.2, -0.15) is 18.3 Å². The first-order chi connectivity index (χ1) is 12.6. The molecule has 0 saturated heterocycles. The molecule has 0 spiro atoms. The van der Waals surface area contributed by atoms with E-state index in [-0.39, 0.29) is 17.8 Å². The fourth-order valence-corrected chi connectivity index (χ4v) is 2.57. The molecule has 27 heavy (non-hydrogen) atoms. The van der Waals surface area contributed by atoms with E-state index in [1.165, 1.54) is 17.9 Å². The first-order valence-corrected chi connectivity index (χ1v) is 7.92. The van der Waals surface area contributed by atoms with Crippen LogP contribution in [0.15, 0.2) is 41.3 Å². The number of H-pyrrole nitrogens is 1. The van der Waals surface area contributed by atoms with Crippen LogP contribution in [0.3, 0.4) is 0 Å². The molecule has 0 bridgehead atoms. The second-order valence-corrected chi connectivity index (χ2v) is 6.04. The second kappa shape index (κ2) is 6.78. The summed E-state index contributed by atoms with van der Waals surface area (Å²) in [6, 6.07) is 8.12. The average molecular weight is 379 g/mol. The molecule has 0 unspecified atom stereocenters. The van der Waals surface area contributed by atoms with Crippen molar-refractivity contribution in [3.05, 3.63) is 69.4 Å². The summed E-state index contributed by atoms with van der Waals surface area (Å²) in [4.78, 5) is 24.3. The van der Waals surface area contributed by atoms with Crippen LogP contribution < -0.4 is 10.9 Å². The predicted octanol–water partition coefficient (Wildman–Crippen LogP) is 2.16. The largest absolute Gasteiger partial charge is 0.435 e. The minimum Gasteiger partial charge on any atom is -0.347 e. The number of hydrogen-bond acceptors (Lipinski definition) is 3. The van der Waals surface area contributed by atoms with Gasteiger partial charge in [-0.1, -0.05) is 17.7 Å². The van der Waals surface area contributed by atoms with Crippen LogP contribution in [0.5, 0.6) is 0 Å². The zero-order valence-corrected chi connectivity index (χ0v) is 14.5. The standard InChI is InChI=1S/C17H16F3N5O2/c1-10-3-5-12(6-4-10)25-14(26)7-13(22-25)16(27)21-8-11-9-24(2)23-15(11)17(18,19)20/h3-7,9,22H,8H2,1-2H3,(H,21,27). The number of aryl methyl sites for hydroxylation is 2. The van der Waals surface area contributed by atoms with Crippen LogP contribution in [-0.2, 0) is 19.8 Å². The molecular formula is C17H16F3N5O2. The molecule has 1 amide bonds. The maximum absolute atomic E-state index is 12.9. The summed E-state index contributed by atoms with van der Waals surface area (Å²) in [5.41, 5.74) is -0.196. The number of carbonyl (C=O) groups excluding carboxylic acids is 1. The zero-order valence-electron chi connectivity index (χ0n) is 14.5. The Morgan fingerprint density at radius 1 is 1.26 bits per heavy atom. The van der Waals surface area contributed by atoms with Crippen molar-refractivity contribution >= 4 is 5.91 Å². The summed E-state index contributed by atoms with van der Waals surface area (Å²) in [5, 5.41) is 8.39. The number of aromatic amines is 1. The molecule has 0 aliphatic carbocycles. The highest BCUT2D eigenvalue weighted by atomic mass is 19.4. The van der Waals surface area contributed by atoms with Crippen molar-refractivity contribution in [1.82, 2.24) is 24.9 Å². The van der Waals surface area contributed by atoms with E-state index in [1.54, 1.807) is 12.1 Å². The SMILES string of the molecule is Cc1ccc(-n2[nH]c(C(=O)NCc3cn(C)nc3C(F)(F)F)cc2=O)cc1. The number of carbonyl (C=O) groups is 1. The molecule has 2 N–H and O–H groups in total. The third-order valence-corrected chi connectivity index (χ3v) is 3.87. The molecule has 0 saturated carbocycles. The molecule has 2 aromatic heterocycles. The molecule has 3 rings (SSSR count). The van der Waals surface area contributed by atoms with E-state index in [2.05, 4.69) is 15.5 Å². The molecule has 0 aliphatic heterocycles. The molecule has 7 nitrogen and oxygen atoms in total. The first-order valence-electron chi connectivity index (χ1n) is 7.92. The normalized spacial score (nSPS) is 11.6. The Bertz CT molecular complexity index is 1030. The van der Waals surface area contributed by atoms with Crippen molar-refractivity contribution < 1.29 is 18.0 Å². The van der Waals surface area contributed by atoms with Crippen molar-refractivity contribution in [2.24, 2.45) is 7.05 Å². The zero-order chi connectivity index (χ0) is 19.8. The monoisotopic (exact) mass is 379 g/mol. The van der Waals surface area contributed by atoms with Crippen LogP contribution in [0.25, 0.3) is 5.69 Å². The van der Waals surface area contributed by atoms with Crippen LogP contribution in [-0.4, -0.2) is 25.5 Å². The Morgan fingerprint density at radius 3 is 2.56 bits per heavy atom. The van der Waals surface area contributed by atoms with Gasteiger partial charge in [-0.3, -0.25) is 19.4 Å². The summed E-state index contributed by atoms with van der Waals surface area (Å²) in [5.74, 6) is -0.699. The number of aromatic nitrogens is 4. The first kappa shape index (κ1) is 18.5. The average Bonchev–Trinajstić information content (AvgIpc) is 3.16. The van der Waals surface area contributed by atoms with Crippen molar-refractivity contribution in [2.45, 2.75) is 19.6 Å². The second-order valence-electron chi connectivity index (χ2n) is 6.04. The van der Waals surface area contributed by atoms with Gasteiger partial charge < -0.3 is 5.32 Å². The fourth-order valence-electron chi connectivity index (χ4n) is 2.57. The van der Waals surface area contributed by atoms with E-state index in [0.29, 0.717) is 5.69 Å². The van der Waals surface area contributed by atoms with Gasteiger partial charge in [0.25, 0.3) is 11.5 Å². The third-order valence-electron chi connectivity index (χ3n) is 3.87. The Balaban J connectivity index is 1.77. The minimum absolute atomic E-state index is 0.0574. The number of amides is 1. The number of nitrogens with one attached hydrogen (secondary N) is 2. The summed E-state index contributed by atoms with van der Waals surface area (Å²) < 4.78 is 41.0. The Hall–Kier alpha value is -3.30. The number of alkyl halides is 3. The van der Waals surface area contributed by atoms with Gasteiger partial charge in [0.2, 0.25) is 0 Å². The minimum atomic E-state index is -4.62. The van der Waals surface area contributed by atoms with Crippen LogP contribution >= 0.6 is 0 Å². The van der Waals surface area contributed by atoms with E-state index in [9.17, 15) is 22.8 Å². The van der Waals surface area contributed by atoms with Gasteiger partial charge in [-0.05, 0) is 19.1 Å². The number of rotatable bonds is 4. The summed E-state index contributed by atoms with van der Waals surface area (Å²) in [6.45, 7) is 1.52. The Morgan fingerprint density at radius 2 is 1.93 bits per heavy atom. The summed E-state index contributed by atoms with van der Waals surface area (Å²) in [6.07, 6.45) is -3.44. The van der Waals surface area contributed by atoms with Crippen molar-refractivity contribution in [1.29, 1.82) is 0 Å². The van der Waals surface area contributed by atoms with Crippen molar-refractivity contribution in [2.75, 3.05) is 0 Å². The maximum atomic E-state index is 12.9. The van der Waals surface area contributed by atoms with E-state index in [1.807, 2.05) is 19.1 Å². The Labute approximate surface area is 151 Å². The van der Waals surface area contributed by atoms with Gasteiger partial charge in [0, 0.05) is 31.4 Å². The highest BCUT2D eigenvalue weighted by Gasteiger charge is 2.36. The number of halogens is 3. The van der Waals surface area contributed by atoms with Crippen molar-refractivity contribution in [3.8, 4) is 5.69 Å². The number of nitrogens with zero attached hydrogens (tertiary/aromatic N) is 3. The quantitative estimate of drug-likeness (QED) is 0.729. The summed E-state index contributed by atoms with van der Waals surface area (Å²) >= 11 is 0. The lowest BCUT2D eigenvalue weighted by molar-refractivity contribution is -0.142. The number of benzene rings is 1. The lowest BCUT2D eigenvalue weighted by Crippen LogP contribution is -2.24. The van der Waals surface area contributed by atoms with Gasteiger partial charge in [0.05, 0.1) is 5.69 Å². The summed E-state index contributed by atoms with van der Waals surface area (Å²) in [7, 11) is 1.36. The number of hydrogen-bond donors (Lipinski definition) is 2. The van der Waals surface area contributed by atoms with E-state index < -0.39 is 23.3 Å². The molecule has 0 aliphatic rings. The van der Waals surface area contributed by atoms with E-state index in [4.69, 9.17) is 0 Å². The highest BCUT2D eigenvalue weighted by Crippen LogP contribution is 2.30. The maximum Gasteiger partial charge on any atom is 0.435 e. The van der Waals surface area contributed by atoms with Crippen LogP contribution in [0.1, 0.15) is 27.3 Å².